The summed E-state index contributed by atoms with van der Waals surface area (Å²) in [4.78, 5) is 13.7. The molecule has 0 bridgehead atoms. The molecule has 0 spiro atoms. The Kier molecular flexibility index (Phi) is 3.62. The van der Waals surface area contributed by atoms with Crippen molar-refractivity contribution in [2.45, 2.75) is 76.7 Å². The SMILES string of the molecule is CC(C)(C)[Si](C)(C)O[C@H]1CCN2C(=O)CC[C@@H]2C1. The highest BCUT2D eigenvalue weighted by atomic mass is 28.4. The van der Waals surface area contributed by atoms with Gasteiger partial charge in [-0.2, -0.15) is 0 Å². The third-order valence-electron chi connectivity index (χ3n) is 4.95. The van der Waals surface area contributed by atoms with Gasteiger partial charge in [-0.05, 0) is 37.4 Å². The summed E-state index contributed by atoms with van der Waals surface area (Å²) in [6.07, 6.45) is 4.23. The van der Waals surface area contributed by atoms with Crippen molar-refractivity contribution in [3.63, 3.8) is 0 Å². The number of nitrogens with zero attached hydrogens (tertiary/aromatic N) is 1. The Hall–Kier alpha value is -0.353. The highest BCUT2D eigenvalue weighted by Crippen LogP contribution is 2.39. The molecule has 3 nitrogen and oxygen atoms in total. The standard InChI is InChI=1S/C14H27NO2Si/c1-14(2,3)18(4,5)17-12-8-9-15-11(10-12)6-7-13(15)16/h11-12H,6-10H2,1-5H3/t11-,12+/m1/s1. The fraction of sp³-hybridized carbons (Fsp3) is 0.929. The highest BCUT2D eigenvalue weighted by molar-refractivity contribution is 6.74. The number of piperidine rings is 1. The molecule has 0 aliphatic carbocycles. The zero-order chi connectivity index (χ0) is 13.6. The van der Waals surface area contributed by atoms with Gasteiger partial charge in [0.05, 0.1) is 0 Å². The minimum Gasteiger partial charge on any atom is -0.414 e. The predicted molar refractivity (Wildman–Crippen MR) is 76.0 cm³/mol. The van der Waals surface area contributed by atoms with Crippen molar-refractivity contribution in [1.82, 2.24) is 4.90 Å². The smallest absolute Gasteiger partial charge is 0.222 e. The number of hydrogen-bond donors (Lipinski definition) is 0. The van der Waals surface area contributed by atoms with Crippen LogP contribution in [0, 0.1) is 0 Å². The van der Waals surface area contributed by atoms with Crippen molar-refractivity contribution < 1.29 is 9.22 Å². The van der Waals surface area contributed by atoms with Crippen LogP contribution in [0.15, 0.2) is 0 Å². The number of fused-ring (bicyclic) bond motifs is 1. The van der Waals surface area contributed by atoms with E-state index in [0.717, 1.165) is 32.2 Å². The topological polar surface area (TPSA) is 29.5 Å². The Bertz CT molecular complexity index is 335. The number of carbonyl (C=O) groups excluding carboxylic acids is 1. The van der Waals surface area contributed by atoms with Gasteiger partial charge < -0.3 is 9.33 Å². The Morgan fingerprint density at radius 2 is 1.94 bits per heavy atom. The van der Waals surface area contributed by atoms with Gasteiger partial charge in [0.2, 0.25) is 5.91 Å². The van der Waals surface area contributed by atoms with E-state index in [1.54, 1.807) is 0 Å². The maximum atomic E-state index is 11.7. The van der Waals surface area contributed by atoms with Gasteiger partial charge in [-0.3, -0.25) is 4.79 Å². The summed E-state index contributed by atoms with van der Waals surface area (Å²) < 4.78 is 6.49. The first-order valence-corrected chi connectivity index (χ1v) is 10.1. The zero-order valence-electron chi connectivity index (χ0n) is 12.5. The van der Waals surface area contributed by atoms with Gasteiger partial charge in [0, 0.05) is 25.1 Å². The molecule has 2 saturated heterocycles. The Morgan fingerprint density at radius 3 is 2.56 bits per heavy atom. The molecule has 0 aromatic heterocycles. The molecule has 4 heteroatoms. The fourth-order valence-corrected chi connectivity index (χ4v) is 4.15. The first-order valence-electron chi connectivity index (χ1n) is 7.18. The number of hydrogen-bond acceptors (Lipinski definition) is 2. The number of amides is 1. The van der Waals surface area contributed by atoms with Gasteiger partial charge in [-0.25, -0.2) is 0 Å². The van der Waals surface area contributed by atoms with E-state index in [-0.39, 0.29) is 5.04 Å². The van der Waals surface area contributed by atoms with Crippen LogP contribution in [0.3, 0.4) is 0 Å². The summed E-state index contributed by atoms with van der Waals surface area (Å²) in [7, 11) is -1.66. The van der Waals surface area contributed by atoms with Gasteiger partial charge in [0.1, 0.15) is 0 Å². The molecule has 2 aliphatic rings. The Balaban J connectivity index is 1.95. The average molecular weight is 269 g/mol. The van der Waals surface area contributed by atoms with Crippen LogP contribution in [0.2, 0.25) is 18.1 Å². The summed E-state index contributed by atoms with van der Waals surface area (Å²) in [6.45, 7) is 12.4. The molecule has 2 fully saturated rings. The lowest BCUT2D eigenvalue weighted by molar-refractivity contribution is -0.130. The van der Waals surface area contributed by atoms with Crippen molar-refractivity contribution in [3.8, 4) is 0 Å². The molecular formula is C14H27NO2Si. The van der Waals surface area contributed by atoms with Crippen molar-refractivity contribution >= 4 is 14.2 Å². The zero-order valence-corrected chi connectivity index (χ0v) is 13.5. The van der Waals surface area contributed by atoms with E-state index in [1.165, 1.54) is 0 Å². The minimum atomic E-state index is -1.66. The molecular weight excluding hydrogens is 242 g/mol. The van der Waals surface area contributed by atoms with Crippen LogP contribution >= 0.6 is 0 Å². The summed E-state index contributed by atoms with van der Waals surface area (Å²) in [6, 6.07) is 0.459. The van der Waals surface area contributed by atoms with E-state index >= 15 is 0 Å². The molecule has 1 amide bonds. The molecule has 2 atom stereocenters. The van der Waals surface area contributed by atoms with Crippen LogP contribution in [0.25, 0.3) is 0 Å². The van der Waals surface area contributed by atoms with Crippen LogP contribution in [0.1, 0.15) is 46.5 Å². The van der Waals surface area contributed by atoms with Gasteiger partial charge in [-0.1, -0.05) is 20.8 Å². The van der Waals surface area contributed by atoms with Crippen molar-refractivity contribution in [2.24, 2.45) is 0 Å². The van der Waals surface area contributed by atoms with E-state index in [9.17, 15) is 4.79 Å². The second-order valence-corrected chi connectivity index (χ2v) is 12.1. The summed E-state index contributed by atoms with van der Waals surface area (Å²) in [5.41, 5.74) is 0. The Labute approximate surface area is 112 Å². The highest BCUT2D eigenvalue weighted by Gasteiger charge is 2.42. The molecule has 104 valence electrons. The van der Waals surface area contributed by atoms with Crippen LogP contribution in [-0.4, -0.2) is 37.8 Å². The first-order chi connectivity index (χ1) is 8.21. The van der Waals surface area contributed by atoms with Crippen LogP contribution in [0.5, 0.6) is 0 Å². The lowest BCUT2D eigenvalue weighted by Crippen LogP contribution is -2.49. The van der Waals surface area contributed by atoms with Crippen LogP contribution in [-0.2, 0) is 9.22 Å². The van der Waals surface area contributed by atoms with Crippen LogP contribution < -0.4 is 0 Å². The van der Waals surface area contributed by atoms with Gasteiger partial charge in [-0.15, -0.1) is 0 Å². The van der Waals surface area contributed by atoms with Gasteiger partial charge >= 0.3 is 0 Å². The van der Waals surface area contributed by atoms with Crippen molar-refractivity contribution in [1.29, 1.82) is 0 Å². The third-order valence-corrected chi connectivity index (χ3v) is 9.48. The molecule has 18 heavy (non-hydrogen) atoms. The molecule has 2 aliphatic heterocycles. The first kappa shape index (κ1) is 14.1. The molecule has 0 radical (unpaired) electrons. The molecule has 0 aromatic carbocycles. The Morgan fingerprint density at radius 1 is 1.28 bits per heavy atom. The third kappa shape index (κ3) is 2.64. The van der Waals surface area contributed by atoms with Gasteiger partial charge in [0.25, 0.3) is 0 Å². The maximum absolute atomic E-state index is 11.7. The van der Waals surface area contributed by atoms with Gasteiger partial charge in [0.15, 0.2) is 8.32 Å². The minimum absolute atomic E-state index is 0.273. The second kappa shape index (κ2) is 4.64. The molecule has 0 saturated carbocycles. The summed E-state index contributed by atoms with van der Waals surface area (Å²) in [5, 5.41) is 0.273. The molecule has 2 rings (SSSR count). The largest absolute Gasteiger partial charge is 0.414 e. The van der Waals surface area contributed by atoms with E-state index in [1.807, 2.05) is 0 Å². The predicted octanol–water partition coefficient (Wildman–Crippen LogP) is 3.16. The summed E-state index contributed by atoms with van der Waals surface area (Å²) in [5.74, 6) is 0.353. The second-order valence-electron chi connectivity index (χ2n) is 7.30. The molecule has 2 heterocycles. The lowest BCUT2D eigenvalue weighted by Gasteiger charge is -2.43. The summed E-state index contributed by atoms with van der Waals surface area (Å²) >= 11 is 0. The van der Waals surface area contributed by atoms with E-state index < -0.39 is 8.32 Å². The molecule has 0 aromatic rings. The van der Waals surface area contributed by atoms with E-state index in [4.69, 9.17) is 4.43 Å². The molecule has 0 unspecified atom stereocenters. The average Bonchev–Trinajstić information content (AvgIpc) is 2.58. The monoisotopic (exact) mass is 269 g/mol. The fourth-order valence-electron chi connectivity index (χ4n) is 2.75. The number of rotatable bonds is 2. The maximum Gasteiger partial charge on any atom is 0.222 e. The lowest BCUT2D eigenvalue weighted by atomic mass is 10.0. The van der Waals surface area contributed by atoms with Crippen molar-refractivity contribution in [2.75, 3.05) is 6.54 Å². The normalized spacial score (nSPS) is 29.6. The van der Waals surface area contributed by atoms with E-state index in [0.29, 0.717) is 18.1 Å². The molecule has 0 N–H and O–H groups in total. The van der Waals surface area contributed by atoms with E-state index in [2.05, 4.69) is 38.8 Å². The van der Waals surface area contributed by atoms with Crippen molar-refractivity contribution in [3.05, 3.63) is 0 Å². The van der Waals surface area contributed by atoms with Crippen LogP contribution in [0.4, 0.5) is 0 Å². The quantitative estimate of drug-likeness (QED) is 0.721. The number of carbonyl (C=O) groups is 1.